The molecule has 1 aromatic carbocycles. The van der Waals surface area contributed by atoms with Crippen LogP contribution in [-0.4, -0.2) is 29.5 Å². The summed E-state index contributed by atoms with van der Waals surface area (Å²) in [6, 6.07) is 7.80. The molecule has 2 aromatic rings. The van der Waals surface area contributed by atoms with Crippen molar-refractivity contribution < 1.29 is 9.53 Å². The molecule has 0 radical (unpaired) electrons. The first kappa shape index (κ1) is 15.1. The zero-order valence-corrected chi connectivity index (χ0v) is 12.3. The van der Waals surface area contributed by atoms with E-state index in [0.717, 1.165) is 36.4 Å². The molecule has 0 spiro atoms. The average molecular weight is 287 g/mol. The Balaban J connectivity index is 1.60. The largest absolute Gasteiger partial charge is 0.497 e. The summed E-state index contributed by atoms with van der Waals surface area (Å²) < 4.78 is 5.10. The number of hydrogen-bond donors (Lipinski definition) is 2. The number of H-pyrrole nitrogens is 1. The second kappa shape index (κ2) is 8.09. The van der Waals surface area contributed by atoms with Crippen LogP contribution in [-0.2, 0) is 17.6 Å². The van der Waals surface area contributed by atoms with E-state index in [4.69, 9.17) is 4.74 Å². The van der Waals surface area contributed by atoms with Crippen molar-refractivity contribution in [3.8, 4) is 5.75 Å². The Hall–Kier alpha value is -2.30. The molecule has 0 unspecified atom stereocenters. The minimum Gasteiger partial charge on any atom is -0.497 e. The average Bonchev–Trinajstić information content (AvgIpc) is 3.03. The third-order valence-electron chi connectivity index (χ3n) is 3.27. The van der Waals surface area contributed by atoms with Gasteiger partial charge in [0.1, 0.15) is 11.6 Å². The van der Waals surface area contributed by atoms with Gasteiger partial charge < -0.3 is 15.0 Å². The normalized spacial score (nSPS) is 10.3. The second-order valence-corrected chi connectivity index (χ2v) is 4.84. The summed E-state index contributed by atoms with van der Waals surface area (Å²) in [6.07, 6.45) is 6.54. The van der Waals surface area contributed by atoms with Crippen LogP contribution < -0.4 is 10.1 Å². The fraction of sp³-hybridized carbons (Fsp3) is 0.375. The lowest BCUT2D eigenvalue weighted by molar-refractivity contribution is -0.121. The van der Waals surface area contributed by atoms with Crippen molar-refractivity contribution in [2.75, 3.05) is 13.7 Å². The molecule has 21 heavy (non-hydrogen) atoms. The quantitative estimate of drug-likeness (QED) is 0.731. The molecule has 1 aromatic heterocycles. The van der Waals surface area contributed by atoms with E-state index in [9.17, 15) is 4.79 Å². The number of ether oxygens (including phenoxy) is 1. The molecule has 0 saturated carbocycles. The number of aromatic nitrogens is 2. The molecule has 5 heteroatoms. The van der Waals surface area contributed by atoms with E-state index in [1.54, 1.807) is 13.3 Å². The fourth-order valence-corrected chi connectivity index (χ4v) is 2.06. The van der Waals surface area contributed by atoms with Crippen LogP contribution in [0.1, 0.15) is 24.2 Å². The van der Waals surface area contributed by atoms with Gasteiger partial charge in [0.25, 0.3) is 0 Å². The molecule has 0 aliphatic carbocycles. The molecule has 5 nitrogen and oxygen atoms in total. The molecule has 0 atom stereocenters. The Bertz CT molecular complexity index is 535. The highest BCUT2D eigenvalue weighted by atomic mass is 16.5. The Labute approximate surface area is 124 Å². The van der Waals surface area contributed by atoms with E-state index in [-0.39, 0.29) is 5.91 Å². The van der Waals surface area contributed by atoms with Crippen molar-refractivity contribution in [2.45, 2.75) is 25.7 Å². The molecular weight excluding hydrogens is 266 g/mol. The van der Waals surface area contributed by atoms with E-state index in [0.29, 0.717) is 13.0 Å². The predicted octanol–water partition coefficient (Wildman–Crippen LogP) is 2.10. The van der Waals surface area contributed by atoms with Crippen molar-refractivity contribution in [3.05, 3.63) is 48.0 Å². The van der Waals surface area contributed by atoms with Crippen LogP contribution in [0.5, 0.6) is 5.75 Å². The number of aromatic amines is 1. The van der Waals surface area contributed by atoms with Gasteiger partial charge in [-0.1, -0.05) is 12.1 Å². The lowest BCUT2D eigenvalue weighted by Gasteiger charge is -2.05. The summed E-state index contributed by atoms with van der Waals surface area (Å²) in [5.41, 5.74) is 1.14. The van der Waals surface area contributed by atoms with Crippen molar-refractivity contribution in [3.63, 3.8) is 0 Å². The van der Waals surface area contributed by atoms with Gasteiger partial charge in [-0.2, -0.15) is 0 Å². The first-order chi connectivity index (χ1) is 10.3. The van der Waals surface area contributed by atoms with E-state index in [1.165, 1.54) is 0 Å². The van der Waals surface area contributed by atoms with Gasteiger partial charge in [0.15, 0.2) is 0 Å². The third kappa shape index (κ3) is 5.30. The summed E-state index contributed by atoms with van der Waals surface area (Å²) in [4.78, 5) is 18.9. The fourth-order valence-electron chi connectivity index (χ4n) is 2.06. The summed E-state index contributed by atoms with van der Waals surface area (Å²) in [6.45, 7) is 0.683. The Morgan fingerprint density at radius 3 is 2.76 bits per heavy atom. The first-order valence-electron chi connectivity index (χ1n) is 7.16. The second-order valence-electron chi connectivity index (χ2n) is 4.84. The zero-order chi connectivity index (χ0) is 14.9. The van der Waals surface area contributed by atoms with Gasteiger partial charge in [-0.25, -0.2) is 4.98 Å². The summed E-state index contributed by atoms with van der Waals surface area (Å²) in [5.74, 6) is 1.88. The van der Waals surface area contributed by atoms with Crippen molar-refractivity contribution in [1.29, 1.82) is 0 Å². The molecular formula is C16H21N3O2. The summed E-state index contributed by atoms with van der Waals surface area (Å²) in [7, 11) is 1.64. The van der Waals surface area contributed by atoms with Gasteiger partial charge in [0, 0.05) is 31.8 Å². The monoisotopic (exact) mass is 287 g/mol. The van der Waals surface area contributed by atoms with Gasteiger partial charge in [-0.15, -0.1) is 0 Å². The molecule has 0 aliphatic heterocycles. The molecule has 1 heterocycles. The van der Waals surface area contributed by atoms with Gasteiger partial charge in [0.05, 0.1) is 7.11 Å². The molecule has 112 valence electrons. The number of methoxy groups -OCH3 is 1. The Kier molecular flexibility index (Phi) is 5.82. The maximum absolute atomic E-state index is 11.7. The topological polar surface area (TPSA) is 67.0 Å². The van der Waals surface area contributed by atoms with Crippen LogP contribution >= 0.6 is 0 Å². The molecule has 0 saturated heterocycles. The number of imidazole rings is 1. The number of benzene rings is 1. The number of amides is 1. The number of nitrogens with one attached hydrogen (secondary N) is 2. The van der Waals surface area contributed by atoms with E-state index in [1.807, 2.05) is 30.5 Å². The molecule has 2 N–H and O–H groups in total. The molecule has 2 rings (SSSR count). The Morgan fingerprint density at radius 2 is 2.10 bits per heavy atom. The van der Waals surface area contributed by atoms with Crippen LogP contribution in [0.3, 0.4) is 0 Å². The number of carbonyl (C=O) groups excluding carboxylic acids is 1. The van der Waals surface area contributed by atoms with Gasteiger partial charge in [-0.05, 0) is 30.5 Å². The van der Waals surface area contributed by atoms with Gasteiger partial charge >= 0.3 is 0 Å². The molecule has 0 fully saturated rings. The minimum atomic E-state index is 0.0882. The standard InChI is InChI=1S/C16H21N3O2/c1-21-14-7-4-13(5-8-14)6-9-16(20)19-10-2-3-15-17-11-12-18-15/h4-5,7-8,11-12H,2-3,6,9-10H2,1H3,(H,17,18)(H,19,20). The number of aryl methyl sites for hydroxylation is 2. The van der Waals surface area contributed by atoms with Crippen molar-refractivity contribution in [2.24, 2.45) is 0 Å². The molecule has 1 amide bonds. The lowest BCUT2D eigenvalue weighted by atomic mass is 10.1. The molecule has 0 aliphatic rings. The smallest absolute Gasteiger partial charge is 0.220 e. The maximum Gasteiger partial charge on any atom is 0.220 e. The van der Waals surface area contributed by atoms with Crippen LogP contribution in [0, 0.1) is 0 Å². The number of rotatable bonds is 8. The van der Waals surface area contributed by atoms with Crippen LogP contribution in [0.25, 0.3) is 0 Å². The molecule has 0 bridgehead atoms. The number of nitrogens with zero attached hydrogens (tertiary/aromatic N) is 1. The highest BCUT2D eigenvalue weighted by molar-refractivity contribution is 5.76. The summed E-state index contributed by atoms with van der Waals surface area (Å²) in [5, 5.41) is 2.93. The number of carbonyl (C=O) groups is 1. The SMILES string of the molecule is COc1ccc(CCC(=O)NCCCc2ncc[nH]2)cc1. The lowest BCUT2D eigenvalue weighted by Crippen LogP contribution is -2.25. The van der Waals surface area contributed by atoms with Crippen LogP contribution in [0.15, 0.2) is 36.7 Å². The van der Waals surface area contributed by atoms with E-state index >= 15 is 0 Å². The van der Waals surface area contributed by atoms with Gasteiger partial charge in [-0.3, -0.25) is 4.79 Å². The third-order valence-corrected chi connectivity index (χ3v) is 3.27. The predicted molar refractivity (Wildman–Crippen MR) is 81.2 cm³/mol. The van der Waals surface area contributed by atoms with Crippen molar-refractivity contribution in [1.82, 2.24) is 15.3 Å². The highest BCUT2D eigenvalue weighted by Gasteiger charge is 2.02. The number of hydrogen-bond acceptors (Lipinski definition) is 3. The van der Waals surface area contributed by atoms with Gasteiger partial charge in [0.2, 0.25) is 5.91 Å². The van der Waals surface area contributed by atoms with Crippen LogP contribution in [0.2, 0.25) is 0 Å². The first-order valence-corrected chi connectivity index (χ1v) is 7.16. The highest BCUT2D eigenvalue weighted by Crippen LogP contribution is 2.12. The zero-order valence-electron chi connectivity index (χ0n) is 12.3. The summed E-state index contributed by atoms with van der Waals surface area (Å²) >= 11 is 0. The van der Waals surface area contributed by atoms with Crippen LogP contribution in [0.4, 0.5) is 0 Å². The van der Waals surface area contributed by atoms with E-state index in [2.05, 4.69) is 15.3 Å². The van der Waals surface area contributed by atoms with Crippen molar-refractivity contribution >= 4 is 5.91 Å². The maximum atomic E-state index is 11.7. The minimum absolute atomic E-state index is 0.0882. The Morgan fingerprint density at radius 1 is 1.29 bits per heavy atom. The van der Waals surface area contributed by atoms with E-state index < -0.39 is 0 Å².